The summed E-state index contributed by atoms with van der Waals surface area (Å²) < 4.78 is 11.2. The van der Waals surface area contributed by atoms with Crippen molar-refractivity contribution in [2.24, 2.45) is 0 Å². The van der Waals surface area contributed by atoms with Gasteiger partial charge in [-0.1, -0.05) is 30.3 Å². The van der Waals surface area contributed by atoms with Crippen molar-refractivity contribution < 1.29 is 19.1 Å². The molecule has 0 heterocycles. The van der Waals surface area contributed by atoms with E-state index in [1.54, 1.807) is 54.5 Å². The third kappa shape index (κ3) is 5.75. The highest BCUT2D eigenvalue weighted by molar-refractivity contribution is 9.10. The second-order valence-corrected chi connectivity index (χ2v) is 7.73. The first-order valence-corrected chi connectivity index (χ1v) is 11.0. The Balaban J connectivity index is 1.79. The van der Waals surface area contributed by atoms with Crippen molar-refractivity contribution >= 4 is 39.1 Å². The van der Waals surface area contributed by atoms with E-state index in [9.17, 15) is 9.59 Å². The van der Waals surface area contributed by atoms with E-state index >= 15 is 0 Å². The van der Waals surface area contributed by atoms with Crippen LogP contribution in [0.25, 0.3) is 0 Å². The molecule has 3 rings (SSSR count). The number of hydrogen-bond donors (Lipinski definition) is 1. The summed E-state index contributed by atoms with van der Waals surface area (Å²) in [6.07, 6.45) is 0. The average Bonchev–Trinajstić information content (AvgIpc) is 2.81. The lowest BCUT2D eigenvalue weighted by atomic mass is 10.1. The molecule has 0 unspecified atom stereocenters. The van der Waals surface area contributed by atoms with E-state index in [1.165, 1.54) is 0 Å². The van der Waals surface area contributed by atoms with Crippen LogP contribution in [0.15, 0.2) is 77.3 Å². The van der Waals surface area contributed by atoms with Gasteiger partial charge in [-0.2, -0.15) is 0 Å². The Labute approximate surface area is 196 Å². The number of carbonyl (C=O) groups excluding carboxylic acids is 2. The number of hydrogen-bond acceptors (Lipinski definition) is 4. The van der Waals surface area contributed by atoms with Gasteiger partial charge >= 0.3 is 0 Å². The summed E-state index contributed by atoms with van der Waals surface area (Å²) in [5.41, 5.74) is 2.11. The van der Waals surface area contributed by atoms with Crippen LogP contribution in [0, 0.1) is 0 Å². The number of ether oxygens (including phenoxy) is 2. The fourth-order valence-electron chi connectivity index (χ4n) is 3.16. The molecular formula is C25H25BrN2O4. The van der Waals surface area contributed by atoms with Crippen molar-refractivity contribution in [3.8, 4) is 5.75 Å². The molecule has 0 aliphatic carbocycles. The van der Waals surface area contributed by atoms with Gasteiger partial charge in [0.15, 0.2) is 0 Å². The lowest BCUT2D eigenvalue weighted by Gasteiger charge is -2.22. The van der Waals surface area contributed by atoms with Crippen LogP contribution >= 0.6 is 15.9 Å². The Bertz CT molecular complexity index is 1070. The van der Waals surface area contributed by atoms with E-state index in [0.29, 0.717) is 46.8 Å². The Hall–Kier alpha value is -3.16. The zero-order chi connectivity index (χ0) is 22.9. The molecule has 3 aromatic rings. The number of rotatable bonds is 9. The van der Waals surface area contributed by atoms with Crippen molar-refractivity contribution in [3.63, 3.8) is 0 Å². The first kappa shape index (κ1) is 23.5. The molecule has 0 aliphatic rings. The van der Waals surface area contributed by atoms with Crippen molar-refractivity contribution in [2.45, 2.75) is 6.92 Å². The number of para-hydroxylation sites is 2. The van der Waals surface area contributed by atoms with Crippen LogP contribution in [0.5, 0.6) is 5.75 Å². The van der Waals surface area contributed by atoms with Gasteiger partial charge in [0.1, 0.15) is 12.4 Å². The normalized spacial score (nSPS) is 10.5. The van der Waals surface area contributed by atoms with E-state index in [0.717, 1.165) is 5.69 Å². The molecule has 0 saturated carbocycles. The van der Waals surface area contributed by atoms with Gasteiger partial charge in [0, 0.05) is 24.9 Å². The molecule has 0 radical (unpaired) electrons. The topological polar surface area (TPSA) is 67.9 Å². The summed E-state index contributed by atoms with van der Waals surface area (Å²) in [6.45, 7) is 3.30. The zero-order valence-corrected chi connectivity index (χ0v) is 19.6. The molecule has 0 fully saturated rings. The van der Waals surface area contributed by atoms with Crippen LogP contribution in [0.1, 0.15) is 27.6 Å². The Morgan fingerprint density at radius 2 is 1.69 bits per heavy atom. The Morgan fingerprint density at radius 1 is 0.969 bits per heavy atom. The summed E-state index contributed by atoms with van der Waals surface area (Å²) in [7, 11) is 1.61. The number of carbonyl (C=O) groups is 2. The standard InChI is InChI=1S/C25H25BrN2O4/c1-3-28(19-9-5-4-6-10-19)25(30)20-11-7-8-12-22(20)27-24(29)18-13-14-23(21(26)17-18)32-16-15-31-2/h4-14,17H,3,15-16H2,1-2H3,(H,27,29). The van der Waals surface area contributed by atoms with Crippen molar-refractivity contribution in [2.75, 3.05) is 37.1 Å². The number of nitrogens with one attached hydrogen (secondary N) is 1. The molecule has 1 N–H and O–H groups in total. The van der Waals surface area contributed by atoms with Crippen molar-refractivity contribution in [1.82, 2.24) is 0 Å². The van der Waals surface area contributed by atoms with Crippen LogP contribution in [0.2, 0.25) is 0 Å². The van der Waals surface area contributed by atoms with Crippen LogP contribution in [0.3, 0.4) is 0 Å². The van der Waals surface area contributed by atoms with E-state index in [4.69, 9.17) is 9.47 Å². The Morgan fingerprint density at radius 3 is 2.38 bits per heavy atom. The van der Waals surface area contributed by atoms with E-state index in [-0.39, 0.29) is 11.8 Å². The van der Waals surface area contributed by atoms with Gasteiger partial charge in [-0.25, -0.2) is 0 Å². The van der Waals surface area contributed by atoms with Crippen LogP contribution in [-0.4, -0.2) is 38.7 Å². The largest absolute Gasteiger partial charge is 0.490 e. The van der Waals surface area contributed by atoms with Gasteiger partial charge in [0.05, 0.1) is 22.3 Å². The fourth-order valence-corrected chi connectivity index (χ4v) is 3.66. The van der Waals surface area contributed by atoms with E-state index < -0.39 is 0 Å². The van der Waals surface area contributed by atoms with Gasteiger partial charge in [0.2, 0.25) is 0 Å². The number of nitrogens with zero attached hydrogens (tertiary/aromatic N) is 1. The highest BCUT2D eigenvalue weighted by Gasteiger charge is 2.20. The van der Waals surface area contributed by atoms with Crippen LogP contribution < -0.4 is 15.0 Å². The molecule has 32 heavy (non-hydrogen) atoms. The number of benzene rings is 3. The second kappa shape index (κ2) is 11.5. The third-order valence-corrected chi connectivity index (χ3v) is 5.39. The minimum Gasteiger partial charge on any atom is -0.490 e. The smallest absolute Gasteiger partial charge is 0.260 e. The lowest BCUT2D eigenvalue weighted by molar-refractivity contribution is 0.0989. The predicted octanol–water partition coefficient (Wildman–Crippen LogP) is 5.39. The monoisotopic (exact) mass is 496 g/mol. The molecule has 0 atom stereocenters. The summed E-state index contributed by atoms with van der Waals surface area (Å²) in [5.74, 6) is 0.116. The molecule has 0 aromatic heterocycles. The highest BCUT2D eigenvalue weighted by Crippen LogP contribution is 2.27. The Kier molecular flexibility index (Phi) is 8.41. The lowest BCUT2D eigenvalue weighted by Crippen LogP contribution is -2.31. The van der Waals surface area contributed by atoms with Gasteiger partial charge in [-0.15, -0.1) is 0 Å². The molecule has 3 aromatic carbocycles. The molecule has 0 bridgehead atoms. The molecule has 2 amide bonds. The van der Waals surface area contributed by atoms with Gasteiger partial charge in [-0.3, -0.25) is 9.59 Å². The highest BCUT2D eigenvalue weighted by atomic mass is 79.9. The molecule has 166 valence electrons. The number of anilines is 2. The van der Waals surface area contributed by atoms with E-state index in [2.05, 4.69) is 21.2 Å². The van der Waals surface area contributed by atoms with Crippen molar-refractivity contribution in [3.05, 3.63) is 88.4 Å². The minimum absolute atomic E-state index is 0.183. The molecule has 0 saturated heterocycles. The summed E-state index contributed by atoms with van der Waals surface area (Å²) in [6, 6.07) is 21.5. The number of methoxy groups -OCH3 is 1. The van der Waals surface area contributed by atoms with Crippen molar-refractivity contribution in [1.29, 1.82) is 0 Å². The van der Waals surface area contributed by atoms with Crippen LogP contribution in [-0.2, 0) is 4.74 Å². The maximum absolute atomic E-state index is 13.3. The van der Waals surface area contributed by atoms with Gasteiger partial charge in [-0.05, 0) is 65.3 Å². The van der Waals surface area contributed by atoms with E-state index in [1.807, 2.05) is 37.3 Å². The maximum atomic E-state index is 13.3. The number of halogens is 1. The first-order chi connectivity index (χ1) is 15.5. The maximum Gasteiger partial charge on any atom is 0.260 e. The van der Waals surface area contributed by atoms with Gasteiger partial charge in [0.25, 0.3) is 11.8 Å². The first-order valence-electron chi connectivity index (χ1n) is 10.2. The second-order valence-electron chi connectivity index (χ2n) is 6.87. The predicted molar refractivity (Wildman–Crippen MR) is 130 cm³/mol. The quantitative estimate of drug-likeness (QED) is 0.403. The molecule has 0 aliphatic heterocycles. The van der Waals surface area contributed by atoms with Crippen LogP contribution in [0.4, 0.5) is 11.4 Å². The summed E-state index contributed by atoms with van der Waals surface area (Å²) in [5, 5.41) is 2.87. The molecule has 6 nitrogen and oxygen atoms in total. The molecule has 7 heteroatoms. The SMILES string of the molecule is CCN(C(=O)c1ccccc1NC(=O)c1ccc(OCCOC)c(Br)c1)c1ccccc1. The number of amides is 2. The molecular weight excluding hydrogens is 472 g/mol. The summed E-state index contributed by atoms with van der Waals surface area (Å²) in [4.78, 5) is 27.9. The van der Waals surface area contributed by atoms with Gasteiger partial charge < -0.3 is 19.7 Å². The fraction of sp³-hybridized carbons (Fsp3) is 0.200. The molecule has 0 spiro atoms. The zero-order valence-electron chi connectivity index (χ0n) is 18.0. The average molecular weight is 497 g/mol. The third-order valence-electron chi connectivity index (χ3n) is 4.77. The summed E-state index contributed by atoms with van der Waals surface area (Å²) >= 11 is 3.44. The minimum atomic E-state index is -0.322.